The van der Waals surface area contributed by atoms with Crippen molar-refractivity contribution in [1.82, 2.24) is 0 Å². The van der Waals surface area contributed by atoms with Crippen LogP contribution in [-0.2, 0) is 16.0 Å². The number of rotatable bonds is 3. The van der Waals surface area contributed by atoms with Crippen molar-refractivity contribution in [3.63, 3.8) is 0 Å². The van der Waals surface area contributed by atoms with E-state index in [0.29, 0.717) is 0 Å². The average Bonchev–Trinajstić information content (AvgIpc) is 2.25. The van der Waals surface area contributed by atoms with Gasteiger partial charge in [-0.25, -0.2) is 0 Å². The first-order valence-corrected chi connectivity index (χ1v) is 5.81. The molecular formula is C14H18O2. The Kier molecular flexibility index (Phi) is 2.99. The van der Waals surface area contributed by atoms with Crippen LogP contribution in [0, 0.1) is 12.3 Å². The van der Waals surface area contributed by atoms with E-state index in [2.05, 4.69) is 19.1 Å². The smallest absolute Gasteiger partial charge is 0.312 e. The lowest BCUT2D eigenvalue weighted by Crippen LogP contribution is -2.41. The van der Waals surface area contributed by atoms with Crippen molar-refractivity contribution in [2.75, 3.05) is 7.11 Å². The molecule has 1 saturated carbocycles. The van der Waals surface area contributed by atoms with E-state index in [4.69, 9.17) is 4.74 Å². The number of ether oxygens (including phenoxy) is 1. The van der Waals surface area contributed by atoms with Crippen molar-refractivity contribution in [3.8, 4) is 0 Å². The predicted octanol–water partition coefficient (Wildman–Crippen LogP) is 2.88. The first-order valence-electron chi connectivity index (χ1n) is 5.81. The zero-order valence-corrected chi connectivity index (χ0v) is 9.95. The predicted molar refractivity (Wildman–Crippen MR) is 63.2 cm³/mol. The molecule has 0 N–H and O–H groups in total. The molecule has 86 valence electrons. The van der Waals surface area contributed by atoms with Crippen LogP contribution in [0.2, 0.25) is 0 Å². The number of hydrogen-bond acceptors (Lipinski definition) is 2. The van der Waals surface area contributed by atoms with Crippen molar-refractivity contribution < 1.29 is 9.53 Å². The van der Waals surface area contributed by atoms with E-state index in [-0.39, 0.29) is 11.4 Å². The number of methoxy groups -OCH3 is 1. The van der Waals surface area contributed by atoms with Gasteiger partial charge in [-0.3, -0.25) is 4.79 Å². The third kappa shape index (κ3) is 1.84. The van der Waals surface area contributed by atoms with E-state index < -0.39 is 0 Å². The maximum absolute atomic E-state index is 11.8. The lowest BCUT2D eigenvalue weighted by molar-refractivity contribution is -0.158. The quantitative estimate of drug-likeness (QED) is 0.729. The molecule has 1 aromatic rings. The number of carbonyl (C=O) groups excluding carboxylic acids is 1. The second kappa shape index (κ2) is 4.28. The van der Waals surface area contributed by atoms with Crippen molar-refractivity contribution in [3.05, 3.63) is 35.4 Å². The van der Waals surface area contributed by atoms with Gasteiger partial charge in [-0.15, -0.1) is 0 Å². The van der Waals surface area contributed by atoms with Crippen molar-refractivity contribution in [2.45, 2.75) is 32.6 Å². The minimum atomic E-state index is -0.235. The van der Waals surface area contributed by atoms with Gasteiger partial charge < -0.3 is 4.74 Å². The van der Waals surface area contributed by atoms with E-state index in [1.165, 1.54) is 18.2 Å². The maximum atomic E-state index is 11.8. The van der Waals surface area contributed by atoms with Crippen LogP contribution in [0.25, 0.3) is 0 Å². The van der Waals surface area contributed by atoms with Crippen LogP contribution in [-0.4, -0.2) is 13.1 Å². The highest BCUT2D eigenvalue weighted by molar-refractivity contribution is 5.78. The Morgan fingerprint density at radius 3 is 2.56 bits per heavy atom. The second-order valence-electron chi connectivity index (χ2n) is 4.73. The fraction of sp³-hybridized carbons (Fsp3) is 0.500. The van der Waals surface area contributed by atoms with Crippen molar-refractivity contribution >= 4 is 5.97 Å². The fourth-order valence-corrected chi connectivity index (χ4v) is 2.45. The van der Waals surface area contributed by atoms with Gasteiger partial charge in [0, 0.05) is 0 Å². The summed E-state index contributed by atoms with van der Waals surface area (Å²) in [7, 11) is 1.49. The van der Waals surface area contributed by atoms with Gasteiger partial charge in [0.1, 0.15) is 0 Å². The van der Waals surface area contributed by atoms with Gasteiger partial charge >= 0.3 is 5.97 Å². The van der Waals surface area contributed by atoms with Crippen LogP contribution in [0.4, 0.5) is 0 Å². The van der Waals surface area contributed by atoms with Gasteiger partial charge in [0.15, 0.2) is 0 Å². The molecule has 1 aromatic carbocycles. The van der Waals surface area contributed by atoms with Crippen LogP contribution in [0.3, 0.4) is 0 Å². The minimum absolute atomic E-state index is 0.0398. The van der Waals surface area contributed by atoms with E-state index in [9.17, 15) is 4.79 Å². The molecule has 16 heavy (non-hydrogen) atoms. The maximum Gasteiger partial charge on any atom is 0.312 e. The summed E-state index contributed by atoms with van der Waals surface area (Å²) in [4.78, 5) is 11.8. The zero-order chi connectivity index (χ0) is 11.6. The number of aryl methyl sites for hydroxylation is 1. The number of carbonyl (C=O) groups is 1. The van der Waals surface area contributed by atoms with Crippen molar-refractivity contribution in [2.24, 2.45) is 5.41 Å². The van der Waals surface area contributed by atoms with Gasteiger partial charge in [-0.2, -0.15) is 0 Å². The molecule has 0 unspecified atom stereocenters. The van der Waals surface area contributed by atoms with E-state index >= 15 is 0 Å². The highest BCUT2D eigenvalue weighted by Crippen LogP contribution is 2.45. The average molecular weight is 218 g/mol. The monoisotopic (exact) mass is 218 g/mol. The van der Waals surface area contributed by atoms with Crippen LogP contribution in [0.1, 0.15) is 30.4 Å². The summed E-state index contributed by atoms with van der Waals surface area (Å²) in [5, 5.41) is 0. The van der Waals surface area contributed by atoms with Crippen LogP contribution < -0.4 is 0 Å². The highest BCUT2D eigenvalue weighted by atomic mass is 16.5. The number of hydrogen-bond donors (Lipinski definition) is 0. The van der Waals surface area contributed by atoms with E-state index in [0.717, 1.165) is 25.7 Å². The first kappa shape index (κ1) is 11.2. The molecule has 0 saturated heterocycles. The third-order valence-electron chi connectivity index (χ3n) is 3.72. The molecule has 1 aliphatic carbocycles. The lowest BCUT2D eigenvalue weighted by atomic mass is 9.65. The molecule has 0 amide bonds. The summed E-state index contributed by atoms with van der Waals surface area (Å²) in [5.41, 5.74) is 2.30. The van der Waals surface area contributed by atoms with Crippen LogP contribution in [0.15, 0.2) is 24.3 Å². The SMILES string of the molecule is COC(=O)C1(Cc2ccccc2C)CCC1. The highest BCUT2D eigenvalue weighted by Gasteiger charge is 2.45. The molecule has 1 fully saturated rings. The minimum Gasteiger partial charge on any atom is -0.469 e. The lowest BCUT2D eigenvalue weighted by Gasteiger charge is -2.39. The summed E-state index contributed by atoms with van der Waals surface area (Å²) in [6, 6.07) is 8.27. The molecule has 0 atom stereocenters. The topological polar surface area (TPSA) is 26.3 Å². The normalized spacial score (nSPS) is 17.6. The summed E-state index contributed by atoms with van der Waals surface area (Å²) in [6.45, 7) is 2.10. The standard InChI is InChI=1S/C14H18O2/c1-11-6-3-4-7-12(11)10-14(8-5-9-14)13(15)16-2/h3-4,6-7H,5,8-10H2,1-2H3. The van der Waals surface area contributed by atoms with E-state index in [1.807, 2.05) is 12.1 Å². The fourth-order valence-electron chi connectivity index (χ4n) is 2.45. The van der Waals surface area contributed by atoms with E-state index in [1.54, 1.807) is 0 Å². The Morgan fingerprint density at radius 1 is 1.38 bits per heavy atom. The molecule has 0 heterocycles. The van der Waals surface area contributed by atoms with Crippen LogP contribution >= 0.6 is 0 Å². The van der Waals surface area contributed by atoms with Gasteiger partial charge in [-0.05, 0) is 37.3 Å². The van der Waals surface area contributed by atoms with Gasteiger partial charge in [0.05, 0.1) is 12.5 Å². The van der Waals surface area contributed by atoms with Crippen molar-refractivity contribution in [1.29, 1.82) is 0 Å². The summed E-state index contributed by atoms with van der Waals surface area (Å²) in [5.74, 6) is -0.0398. The Bertz CT molecular complexity index is 391. The molecule has 0 aromatic heterocycles. The Balaban J connectivity index is 2.19. The molecule has 0 spiro atoms. The van der Waals surface area contributed by atoms with Gasteiger partial charge in [0.2, 0.25) is 0 Å². The number of benzene rings is 1. The molecule has 2 rings (SSSR count). The zero-order valence-electron chi connectivity index (χ0n) is 9.95. The third-order valence-corrected chi connectivity index (χ3v) is 3.72. The summed E-state index contributed by atoms with van der Waals surface area (Å²) >= 11 is 0. The molecule has 0 radical (unpaired) electrons. The summed E-state index contributed by atoms with van der Waals surface area (Å²) in [6.07, 6.45) is 3.90. The Labute approximate surface area is 96.6 Å². The van der Waals surface area contributed by atoms with Gasteiger partial charge in [-0.1, -0.05) is 30.7 Å². The molecule has 2 heteroatoms. The first-order chi connectivity index (χ1) is 7.68. The van der Waals surface area contributed by atoms with Gasteiger partial charge in [0.25, 0.3) is 0 Å². The summed E-state index contributed by atoms with van der Waals surface area (Å²) < 4.78 is 4.93. The molecule has 0 bridgehead atoms. The molecule has 1 aliphatic rings. The molecular weight excluding hydrogens is 200 g/mol. The number of esters is 1. The van der Waals surface area contributed by atoms with Crippen LogP contribution in [0.5, 0.6) is 0 Å². The Morgan fingerprint density at radius 2 is 2.06 bits per heavy atom. The Hall–Kier alpha value is -1.31. The second-order valence-corrected chi connectivity index (χ2v) is 4.73. The largest absolute Gasteiger partial charge is 0.469 e. The molecule has 0 aliphatic heterocycles. The molecule has 2 nitrogen and oxygen atoms in total.